The van der Waals surface area contributed by atoms with Gasteiger partial charge in [-0.3, -0.25) is 9.59 Å². The van der Waals surface area contributed by atoms with E-state index < -0.39 is 23.3 Å². The van der Waals surface area contributed by atoms with Crippen LogP contribution in [0.1, 0.15) is 54.6 Å². The Hall–Kier alpha value is -1.83. The van der Waals surface area contributed by atoms with E-state index in [1.54, 1.807) is 4.98 Å². The van der Waals surface area contributed by atoms with Crippen LogP contribution in [-0.4, -0.2) is 29.0 Å². The Kier molecular flexibility index (Phi) is 4.67. The van der Waals surface area contributed by atoms with E-state index in [1.807, 2.05) is 0 Å². The molecule has 5 nitrogen and oxygen atoms in total. The Morgan fingerprint density at radius 2 is 1.75 bits per heavy atom. The van der Waals surface area contributed by atoms with Crippen molar-refractivity contribution >= 4 is 5.91 Å². The van der Waals surface area contributed by atoms with Gasteiger partial charge in [0.15, 0.2) is 0 Å². The van der Waals surface area contributed by atoms with Gasteiger partial charge in [0.25, 0.3) is 11.5 Å². The van der Waals surface area contributed by atoms with Crippen molar-refractivity contribution in [1.29, 1.82) is 0 Å². The van der Waals surface area contributed by atoms with Gasteiger partial charge in [-0.1, -0.05) is 12.8 Å². The van der Waals surface area contributed by atoms with E-state index in [9.17, 15) is 22.8 Å². The molecule has 2 saturated carbocycles. The summed E-state index contributed by atoms with van der Waals surface area (Å²) >= 11 is 0. The molecule has 0 aliphatic heterocycles. The third kappa shape index (κ3) is 3.63. The number of carbonyl (C=O) groups is 1. The molecule has 132 valence electrons. The third-order valence-corrected chi connectivity index (χ3v) is 4.86. The predicted octanol–water partition coefficient (Wildman–Crippen LogP) is 2.19. The van der Waals surface area contributed by atoms with Crippen LogP contribution in [0.25, 0.3) is 0 Å². The third-order valence-electron chi connectivity index (χ3n) is 4.86. The van der Waals surface area contributed by atoms with E-state index in [-0.39, 0.29) is 17.6 Å². The average Bonchev–Trinajstić information content (AvgIpc) is 3.01. The van der Waals surface area contributed by atoms with E-state index in [0.717, 1.165) is 31.7 Å². The van der Waals surface area contributed by atoms with Crippen LogP contribution in [0, 0.1) is 0 Å². The van der Waals surface area contributed by atoms with Crippen molar-refractivity contribution in [2.24, 2.45) is 0 Å². The van der Waals surface area contributed by atoms with Gasteiger partial charge in [-0.2, -0.15) is 13.2 Å². The van der Waals surface area contributed by atoms with Crippen LogP contribution >= 0.6 is 0 Å². The maximum atomic E-state index is 12.5. The lowest BCUT2D eigenvalue weighted by Gasteiger charge is -2.39. The lowest BCUT2D eigenvalue weighted by Crippen LogP contribution is -2.59. The SMILES string of the molecule is O=C(N[C@H]1CC[C@H]1NC1CCCC1)c1ccc(C(F)(F)F)[nH]c1=O. The van der Waals surface area contributed by atoms with Crippen LogP contribution in [0.4, 0.5) is 13.2 Å². The number of aromatic nitrogens is 1. The highest BCUT2D eigenvalue weighted by Gasteiger charge is 2.35. The van der Waals surface area contributed by atoms with Crippen molar-refractivity contribution in [2.75, 3.05) is 0 Å². The van der Waals surface area contributed by atoms with Crippen molar-refractivity contribution < 1.29 is 18.0 Å². The van der Waals surface area contributed by atoms with Crippen molar-refractivity contribution in [3.63, 3.8) is 0 Å². The molecule has 2 aliphatic rings. The average molecular weight is 343 g/mol. The van der Waals surface area contributed by atoms with Crippen molar-refractivity contribution in [1.82, 2.24) is 15.6 Å². The minimum atomic E-state index is -4.64. The first kappa shape index (κ1) is 17.0. The zero-order valence-electron chi connectivity index (χ0n) is 13.1. The molecule has 0 aromatic carbocycles. The normalized spacial score (nSPS) is 24.6. The Morgan fingerprint density at radius 3 is 2.29 bits per heavy atom. The molecule has 2 aliphatic carbocycles. The summed E-state index contributed by atoms with van der Waals surface area (Å²) in [5.41, 5.74) is -2.48. The highest BCUT2D eigenvalue weighted by atomic mass is 19.4. The predicted molar refractivity (Wildman–Crippen MR) is 81.7 cm³/mol. The molecule has 1 amide bonds. The van der Waals surface area contributed by atoms with Crippen LogP contribution in [0.3, 0.4) is 0 Å². The van der Waals surface area contributed by atoms with Gasteiger partial charge in [-0.05, 0) is 37.8 Å². The van der Waals surface area contributed by atoms with Crippen LogP contribution < -0.4 is 16.2 Å². The molecule has 2 atom stereocenters. The van der Waals surface area contributed by atoms with Crippen molar-refractivity contribution in [3.05, 3.63) is 33.7 Å². The van der Waals surface area contributed by atoms with E-state index in [0.29, 0.717) is 12.1 Å². The number of aromatic amines is 1. The number of H-pyrrole nitrogens is 1. The Balaban J connectivity index is 1.61. The quantitative estimate of drug-likeness (QED) is 0.785. The highest BCUT2D eigenvalue weighted by Crippen LogP contribution is 2.27. The largest absolute Gasteiger partial charge is 0.431 e. The van der Waals surface area contributed by atoms with Crippen LogP contribution in [0.5, 0.6) is 0 Å². The number of pyridine rings is 1. The second kappa shape index (κ2) is 6.58. The molecule has 1 aromatic rings. The Morgan fingerprint density at radius 1 is 1.08 bits per heavy atom. The first-order valence-electron chi connectivity index (χ1n) is 8.22. The van der Waals surface area contributed by atoms with E-state index in [2.05, 4.69) is 10.6 Å². The summed E-state index contributed by atoms with van der Waals surface area (Å²) in [6.45, 7) is 0. The molecule has 1 heterocycles. The molecule has 0 radical (unpaired) electrons. The maximum absolute atomic E-state index is 12.5. The smallest absolute Gasteiger partial charge is 0.348 e. The summed E-state index contributed by atoms with van der Waals surface area (Å²) in [5, 5.41) is 6.27. The fraction of sp³-hybridized carbons (Fsp3) is 0.625. The number of alkyl halides is 3. The summed E-state index contributed by atoms with van der Waals surface area (Å²) < 4.78 is 37.6. The van der Waals surface area contributed by atoms with Gasteiger partial charge in [0.05, 0.1) is 0 Å². The van der Waals surface area contributed by atoms with Crippen LogP contribution in [0.15, 0.2) is 16.9 Å². The van der Waals surface area contributed by atoms with Crippen LogP contribution in [-0.2, 0) is 6.18 Å². The van der Waals surface area contributed by atoms with E-state index in [4.69, 9.17) is 0 Å². The molecule has 2 fully saturated rings. The molecule has 0 saturated heterocycles. The van der Waals surface area contributed by atoms with E-state index in [1.165, 1.54) is 12.8 Å². The fourth-order valence-electron chi connectivity index (χ4n) is 3.33. The molecule has 3 N–H and O–H groups in total. The zero-order valence-corrected chi connectivity index (χ0v) is 13.1. The molecule has 0 spiro atoms. The van der Waals surface area contributed by atoms with Gasteiger partial charge in [0.1, 0.15) is 11.3 Å². The molecule has 0 unspecified atom stereocenters. The molecule has 1 aromatic heterocycles. The minimum Gasteiger partial charge on any atom is -0.348 e. The standard InChI is InChI=1S/C16H20F3N3O2/c17-16(18,19)13-8-5-10(15(24)22-13)14(23)21-12-7-6-11(12)20-9-3-1-2-4-9/h5,8-9,11-12,20H,1-4,6-7H2,(H,21,23)(H,22,24)/t11-,12+/m1/s1. The molecule has 3 rings (SSSR count). The second-order valence-corrected chi connectivity index (χ2v) is 6.52. The van der Waals surface area contributed by atoms with Crippen LogP contribution in [0.2, 0.25) is 0 Å². The summed E-state index contributed by atoms with van der Waals surface area (Å²) in [6.07, 6.45) is 1.80. The first-order chi connectivity index (χ1) is 11.3. The summed E-state index contributed by atoms with van der Waals surface area (Å²) in [7, 11) is 0. The number of nitrogens with one attached hydrogen (secondary N) is 3. The lowest BCUT2D eigenvalue weighted by atomic mass is 9.85. The maximum Gasteiger partial charge on any atom is 0.431 e. The molecular weight excluding hydrogens is 323 g/mol. The lowest BCUT2D eigenvalue weighted by molar-refractivity contribution is -0.141. The molecular formula is C16H20F3N3O2. The monoisotopic (exact) mass is 343 g/mol. The molecule has 8 heteroatoms. The van der Waals surface area contributed by atoms with Gasteiger partial charge in [0, 0.05) is 18.1 Å². The first-order valence-corrected chi connectivity index (χ1v) is 8.22. The number of hydrogen-bond acceptors (Lipinski definition) is 3. The highest BCUT2D eigenvalue weighted by molar-refractivity contribution is 5.94. The fourth-order valence-corrected chi connectivity index (χ4v) is 3.33. The van der Waals surface area contributed by atoms with Gasteiger partial charge in [0.2, 0.25) is 0 Å². The number of carbonyl (C=O) groups excluding carboxylic acids is 1. The topological polar surface area (TPSA) is 74.0 Å². The van der Waals surface area contributed by atoms with Gasteiger partial charge in [-0.15, -0.1) is 0 Å². The number of hydrogen-bond donors (Lipinski definition) is 3. The molecule has 0 bridgehead atoms. The number of halogens is 3. The number of rotatable bonds is 4. The summed E-state index contributed by atoms with van der Waals surface area (Å²) in [5.74, 6) is -0.632. The summed E-state index contributed by atoms with van der Waals surface area (Å²) in [6, 6.07) is 2.20. The van der Waals surface area contributed by atoms with E-state index >= 15 is 0 Å². The number of amides is 1. The minimum absolute atomic E-state index is 0.0835. The van der Waals surface area contributed by atoms with Gasteiger partial charge in [-0.25, -0.2) is 0 Å². The van der Waals surface area contributed by atoms with Gasteiger partial charge < -0.3 is 15.6 Å². The Bertz CT molecular complexity index is 665. The second-order valence-electron chi connectivity index (χ2n) is 6.52. The van der Waals surface area contributed by atoms with Crippen molar-refractivity contribution in [3.8, 4) is 0 Å². The zero-order chi connectivity index (χ0) is 17.3. The molecule has 24 heavy (non-hydrogen) atoms. The van der Waals surface area contributed by atoms with Crippen molar-refractivity contribution in [2.45, 2.75) is 62.8 Å². The Labute approximate surface area is 137 Å². The summed E-state index contributed by atoms with van der Waals surface area (Å²) in [4.78, 5) is 25.6. The van der Waals surface area contributed by atoms with Gasteiger partial charge >= 0.3 is 6.18 Å².